The van der Waals surface area contributed by atoms with Crippen LogP contribution in [0, 0.1) is 19.7 Å². The van der Waals surface area contributed by atoms with E-state index >= 15 is 0 Å². The lowest BCUT2D eigenvalue weighted by molar-refractivity contribution is 0.143. The van der Waals surface area contributed by atoms with Gasteiger partial charge in [0.2, 0.25) is 0 Å². The van der Waals surface area contributed by atoms with Crippen molar-refractivity contribution in [1.82, 2.24) is 9.80 Å². The van der Waals surface area contributed by atoms with Gasteiger partial charge in [-0.2, -0.15) is 0 Å². The second-order valence-corrected chi connectivity index (χ2v) is 6.64. The molecule has 1 heterocycles. The predicted octanol–water partition coefficient (Wildman–Crippen LogP) is 3.79. The van der Waals surface area contributed by atoms with Crippen LogP contribution in [0.25, 0.3) is 0 Å². The van der Waals surface area contributed by atoms with E-state index in [-0.39, 0.29) is 11.8 Å². The first-order chi connectivity index (χ1) is 12.0. The fourth-order valence-corrected chi connectivity index (χ4v) is 3.02. The zero-order valence-corrected chi connectivity index (χ0v) is 14.8. The summed E-state index contributed by atoms with van der Waals surface area (Å²) in [6.07, 6.45) is 0. The minimum absolute atomic E-state index is 0.0462. The van der Waals surface area contributed by atoms with E-state index in [0.29, 0.717) is 13.1 Å². The molecule has 132 valence electrons. The molecule has 1 saturated heterocycles. The summed E-state index contributed by atoms with van der Waals surface area (Å²) in [6.45, 7) is 7.82. The molecule has 1 aliphatic rings. The van der Waals surface area contributed by atoms with Crippen LogP contribution in [0.2, 0.25) is 0 Å². The lowest BCUT2D eigenvalue weighted by Gasteiger charge is -2.34. The van der Waals surface area contributed by atoms with Gasteiger partial charge in [0.05, 0.1) is 0 Å². The van der Waals surface area contributed by atoms with Crippen molar-refractivity contribution < 1.29 is 9.18 Å². The maximum absolute atomic E-state index is 13.0. The van der Waals surface area contributed by atoms with E-state index in [1.54, 1.807) is 0 Å². The van der Waals surface area contributed by atoms with E-state index in [0.717, 1.165) is 42.0 Å². The number of aryl methyl sites for hydroxylation is 2. The number of carbonyl (C=O) groups excluding carboxylic acids is 1. The molecule has 0 aromatic heterocycles. The number of nitrogens with zero attached hydrogens (tertiary/aromatic N) is 2. The summed E-state index contributed by atoms with van der Waals surface area (Å²) in [5.41, 5.74) is 4.16. The van der Waals surface area contributed by atoms with Gasteiger partial charge in [-0.15, -0.1) is 0 Å². The van der Waals surface area contributed by atoms with Crippen LogP contribution in [0.4, 0.5) is 14.9 Å². The fraction of sp³-hybridized carbons (Fsp3) is 0.350. The summed E-state index contributed by atoms with van der Waals surface area (Å²) in [5.74, 6) is -0.211. The molecule has 0 atom stereocenters. The molecule has 0 bridgehead atoms. The van der Waals surface area contributed by atoms with Gasteiger partial charge in [0.25, 0.3) is 0 Å². The Kier molecular flexibility index (Phi) is 5.34. The SMILES string of the molecule is Cc1ccc(C)c(NC(=O)N2CCN(Cc3ccc(F)cc3)CC2)c1. The van der Waals surface area contributed by atoms with Crippen molar-refractivity contribution in [2.45, 2.75) is 20.4 Å². The van der Waals surface area contributed by atoms with Crippen LogP contribution in [0.5, 0.6) is 0 Å². The van der Waals surface area contributed by atoms with E-state index in [4.69, 9.17) is 0 Å². The number of amides is 2. The van der Waals surface area contributed by atoms with Crippen LogP contribution < -0.4 is 5.32 Å². The molecule has 0 spiro atoms. The van der Waals surface area contributed by atoms with Crippen molar-refractivity contribution in [3.8, 4) is 0 Å². The first-order valence-electron chi connectivity index (χ1n) is 8.61. The summed E-state index contributed by atoms with van der Waals surface area (Å²) >= 11 is 0. The maximum atomic E-state index is 13.0. The Bertz CT molecular complexity index is 737. The Morgan fingerprint density at radius 3 is 2.40 bits per heavy atom. The van der Waals surface area contributed by atoms with Gasteiger partial charge in [-0.25, -0.2) is 9.18 Å². The number of piperazine rings is 1. The van der Waals surface area contributed by atoms with E-state index in [1.807, 2.05) is 49.1 Å². The highest BCUT2D eigenvalue weighted by Crippen LogP contribution is 2.17. The van der Waals surface area contributed by atoms with E-state index in [1.165, 1.54) is 12.1 Å². The first-order valence-corrected chi connectivity index (χ1v) is 8.61. The summed E-state index contributed by atoms with van der Waals surface area (Å²) in [4.78, 5) is 16.6. The Morgan fingerprint density at radius 2 is 1.72 bits per heavy atom. The number of rotatable bonds is 3. The van der Waals surface area contributed by atoms with Gasteiger partial charge in [-0.1, -0.05) is 24.3 Å². The molecule has 3 rings (SSSR count). The summed E-state index contributed by atoms with van der Waals surface area (Å²) in [6, 6.07) is 12.6. The number of carbonyl (C=O) groups is 1. The molecule has 2 aromatic carbocycles. The molecule has 0 aliphatic carbocycles. The van der Waals surface area contributed by atoms with Crippen molar-refractivity contribution in [3.63, 3.8) is 0 Å². The number of benzene rings is 2. The molecule has 1 N–H and O–H groups in total. The van der Waals surface area contributed by atoms with Crippen molar-refractivity contribution in [1.29, 1.82) is 0 Å². The van der Waals surface area contributed by atoms with Gasteiger partial charge in [-0.05, 0) is 48.7 Å². The van der Waals surface area contributed by atoms with Gasteiger partial charge >= 0.3 is 6.03 Å². The van der Waals surface area contributed by atoms with Crippen molar-refractivity contribution in [3.05, 3.63) is 65.0 Å². The normalized spacial score (nSPS) is 15.2. The van der Waals surface area contributed by atoms with Crippen LogP contribution in [0.3, 0.4) is 0 Å². The number of nitrogens with one attached hydrogen (secondary N) is 1. The third-order valence-electron chi connectivity index (χ3n) is 4.61. The van der Waals surface area contributed by atoms with Gasteiger partial charge in [0.15, 0.2) is 0 Å². The molecule has 4 nitrogen and oxygen atoms in total. The number of halogens is 1. The molecule has 0 unspecified atom stereocenters. The van der Waals surface area contributed by atoms with Crippen molar-refractivity contribution >= 4 is 11.7 Å². The monoisotopic (exact) mass is 341 g/mol. The number of urea groups is 1. The smallest absolute Gasteiger partial charge is 0.321 e. The quantitative estimate of drug-likeness (QED) is 0.922. The zero-order chi connectivity index (χ0) is 17.8. The second-order valence-electron chi connectivity index (χ2n) is 6.64. The van der Waals surface area contributed by atoms with Crippen LogP contribution in [0.1, 0.15) is 16.7 Å². The molecular weight excluding hydrogens is 317 g/mol. The Morgan fingerprint density at radius 1 is 1.04 bits per heavy atom. The molecule has 2 aromatic rings. The Balaban J connectivity index is 1.52. The van der Waals surface area contributed by atoms with Gasteiger partial charge in [0, 0.05) is 38.4 Å². The van der Waals surface area contributed by atoms with Crippen molar-refractivity contribution in [2.24, 2.45) is 0 Å². The summed E-state index contributed by atoms with van der Waals surface area (Å²) in [5, 5.41) is 3.02. The average molecular weight is 341 g/mol. The molecule has 1 aliphatic heterocycles. The molecular formula is C20H24FN3O. The average Bonchev–Trinajstić information content (AvgIpc) is 2.61. The first kappa shape index (κ1) is 17.4. The molecule has 0 radical (unpaired) electrons. The molecule has 5 heteroatoms. The highest BCUT2D eigenvalue weighted by atomic mass is 19.1. The largest absolute Gasteiger partial charge is 0.322 e. The second kappa shape index (κ2) is 7.66. The molecule has 25 heavy (non-hydrogen) atoms. The van der Waals surface area contributed by atoms with Crippen molar-refractivity contribution in [2.75, 3.05) is 31.5 Å². The van der Waals surface area contributed by atoms with Gasteiger partial charge < -0.3 is 10.2 Å². The third-order valence-corrected chi connectivity index (χ3v) is 4.61. The van der Waals surface area contributed by atoms with Gasteiger partial charge in [0.1, 0.15) is 5.82 Å². The van der Waals surface area contributed by atoms with Crippen LogP contribution >= 0.6 is 0 Å². The zero-order valence-electron chi connectivity index (χ0n) is 14.8. The minimum Gasteiger partial charge on any atom is -0.322 e. The highest BCUT2D eigenvalue weighted by molar-refractivity contribution is 5.90. The minimum atomic E-state index is -0.211. The highest BCUT2D eigenvalue weighted by Gasteiger charge is 2.21. The topological polar surface area (TPSA) is 35.6 Å². The van der Waals surface area contributed by atoms with E-state index in [9.17, 15) is 9.18 Å². The van der Waals surface area contributed by atoms with Crippen LogP contribution in [-0.2, 0) is 6.54 Å². The molecule has 2 amide bonds. The summed E-state index contributed by atoms with van der Waals surface area (Å²) < 4.78 is 13.0. The Hall–Kier alpha value is -2.40. The molecule has 0 saturated carbocycles. The van der Waals surface area contributed by atoms with Crippen LogP contribution in [0.15, 0.2) is 42.5 Å². The fourth-order valence-electron chi connectivity index (χ4n) is 3.02. The van der Waals surface area contributed by atoms with E-state index < -0.39 is 0 Å². The predicted molar refractivity (Wildman–Crippen MR) is 98.2 cm³/mol. The Labute approximate surface area is 148 Å². The lowest BCUT2D eigenvalue weighted by Crippen LogP contribution is -2.49. The number of hydrogen-bond donors (Lipinski definition) is 1. The molecule has 1 fully saturated rings. The summed E-state index contributed by atoms with van der Waals surface area (Å²) in [7, 11) is 0. The standard InChI is InChI=1S/C20H24FN3O/c1-15-3-4-16(2)19(13-15)22-20(25)24-11-9-23(10-12-24)14-17-5-7-18(21)8-6-17/h3-8,13H,9-12,14H2,1-2H3,(H,22,25). The maximum Gasteiger partial charge on any atom is 0.321 e. The van der Waals surface area contributed by atoms with Gasteiger partial charge in [-0.3, -0.25) is 4.90 Å². The third kappa shape index (κ3) is 4.57. The lowest BCUT2D eigenvalue weighted by atomic mass is 10.1. The van der Waals surface area contributed by atoms with E-state index in [2.05, 4.69) is 10.2 Å². The van der Waals surface area contributed by atoms with Crippen LogP contribution in [-0.4, -0.2) is 42.0 Å². The number of hydrogen-bond acceptors (Lipinski definition) is 2. The number of anilines is 1.